The van der Waals surface area contributed by atoms with E-state index in [-0.39, 0.29) is 26.5 Å². The Morgan fingerprint density at radius 1 is 0.654 bits per heavy atom. The molecule has 0 saturated carbocycles. The molecule has 0 saturated heterocycles. The number of nitrogens with zero attached hydrogens (tertiary/aromatic N) is 7. The van der Waals surface area contributed by atoms with E-state index in [0.29, 0.717) is 11.5 Å². The number of aromatic nitrogens is 7. The third kappa shape index (κ3) is 4.89. The largest absolute Gasteiger partial charge is 2.00 e. The Labute approximate surface area is 313 Å². The zero-order valence-corrected chi connectivity index (χ0v) is 30.8. The molecule has 5 heterocycles. The van der Waals surface area contributed by atoms with Gasteiger partial charge in [-0.15, -0.1) is 35.7 Å². The zero-order chi connectivity index (χ0) is 34.3. The molecule has 0 bridgehead atoms. The van der Waals surface area contributed by atoms with Crippen molar-refractivity contribution in [2.24, 2.45) is 0 Å². The topological polar surface area (TPSA) is 67.1 Å². The van der Waals surface area contributed by atoms with Crippen LogP contribution < -0.4 is 4.74 Å². The number of hydrogen-bond donors (Lipinski definition) is 0. The average Bonchev–Trinajstić information content (AvgIpc) is 3.90. The number of rotatable bonds is 5. The van der Waals surface area contributed by atoms with Crippen LogP contribution in [0.3, 0.4) is 0 Å². The smallest absolute Gasteiger partial charge is 0.509 e. The molecule has 10 aromatic rings. The van der Waals surface area contributed by atoms with E-state index in [1.165, 1.54) is 5.56 Å². The van der Waals surface area contributed by atoms with Gasteiger partial charge in [-0.2, -0.15) is 6.07 Å². The van der Waals surface area contributed by atoms with Gasteiger partial charge in [0.05, 0.1) is 11.4 Å². The summed E-state index contributed by atoms with van der Waals surface area (Å²) in [7, 11) is 0. The van der Waals surface area contributed by atoms with Gasteiger partial charge in [0.15, 0.2) is 11.3 Å². The van der Waals surface area contributed by atoms with Crippen LogP contribution in [0.15, 0.2) is 134 Å². The maximum absolute atomic E-state index is 6.51. The molecule has 0 spiro atoms. The molecule has 0 amide bonds. The predicted octanol–water partition coefficient (Wildman–Crippen LogP) is 9.80. The van der Waals surface area contributed by atoms with Crippen LogP contribution in [-0.2, 0) is 26.5 Å². The summed E-state index contributed by atoms with van der Waals surface area (Å²) in [5.41, 5.74) is 8.45. The molecule has 0 fully saturated rings. The van der Waals surface area contributed by atoms with Crippen molar-refractivity contribution in [3.63, 3.8) is 0 Å². The first-order valence-corrected chi connectivity index (χ1v) is 17.0. The molecule has 5 aromatic heterocycles. The normalized spacial score (nSPS) is 12.0. The average molecular weight is 857 g/mol. The van der Waals surface area contributed by atoms with E-state index in [0.717, 1.165) is 67.1 Å². The van der Waals surface area contributed by atoms with Crippen molar-refractivity contribution in [2.75, 3.05) is 0 Å². The molecule has 0 unspecified atom stereocenters. The van der Waals surface area contributed by atoms with Gasteiger partial charge < -0.3 is 9.30 Å². The van der Waals surface area contributed by atoms with Crippen molar-refractivity contribution < 1.29 is 25.8 Å². The number of para-hydroxylation sites is 3. The van der Waals surface area contributed by atoms with Crippen LogP contribution in [-0.4, -0.2) is 33.1 Å². The van der Waals surface area contributed by atoms with E-state index < -0.39 is 0 Å². The third-order valence-electron chi connectivity index (χ3n) is 9.51. The Morgan fingerprint density at radius 2 is 1.38 bits per heavy atom. The van der Waals surface area contributed by atoms with Gasteiger partial charge in [0.2, 0.25) is 5.78 Å². The minimum atomic E-state index is -0.0732. The molecule has 0 aliphatic heterocycles. The molecule has 0 N–H and O–H groups in total. The summed E-state index contributed by atoms with van der Waals surface area (Å²) in [5, 5.41) is 2.21. The van der Waals surface area contributed by atoms with Crippen LogP contribution in [0.4, 0.5) is 0 Å². The quantitative estimate of drug-likeness (QED) is 0.162. The Bertz CT molecular complexity index is 2930. The van der Waals surface area contributed by atoms with Gasteiger partial charge in [-0.25, -0.2) is 9.97 Å². The van der Waals surface area contributed by atoms with Gasteiger partial charge in [0.25, 0.3) is 0 Å². The third-order valence-corrected chi connectivity index (χ3v) is 9.51. The molecule has 9 heteroatoms. The second-order valence-corrected chi connectivity index (χ2v) is 13.7. The summed E-state index contributed by atoms with van der Waals surface area (Å²) in [4.78, 5) is 14.8. The molecule has 0 atom stereocenters. The van der Waals surface area contributed by atoms with Crippen LogP contribution in [0.5, 0.6) is 11.5 Å². The van der Waals surface area contributed by atoms with Crippen LogP contribution in [0.2, 0.25) is 0 Å². The molecule has 0 radical (unpaired) electrons. The summed E-state index contributed by atoms with van der Waals surface area (Å²) >= 11 is 0. The molecule has 10 rings (SSSR count). The number of fused-ring (bicyclic) bond motifs is 8. The van der Waals surface area contributed by atoms with E-state index >= 15 is 0 Å². The second kappa shape index (κ2) is 12.1. The van der Waals surface area contributed by atoms with E-state index in [2.05, 4.69) is 117 Å². The van der Waals surface area contributed by atoms with E-state index in [1.807, 2.05) is 67.0 Å². The van der Waals surface area contributed by atoms with Gasteiger partial charge in [-0.1, -0.05) is 87.0 Å². The fraction of sp³-hybridized carbons (Fsp3) is 0.0930. The second-order valence-electron chi connectivity index (χ2n) is 13.7. The Balaban J connectivity index is 0.00000360. The van der Waals surface area contributed by atoms with Gasteiger partial charge in [0.1, 0.15) is 12.1 Å². The minimum absolute atomic E-state index is 0. The van der Waals surface area contributed by atoms with Crippen molar-refractivity contribution in [3.8, 4) is 28.7 Å². The summed E-state index contributed by atoms with van der Waals surface area (Å²) in [5.74, 6) is 2.70. The number of benzene rings is 5. The molecule has 5 aromatic carbocycles. The molecule has 254 valence electrons. The molecule has 8 nitrogen and oxygen atoms in total. The van der Waals surface area contributed by atoms with Crippen molar-refractivity contribution in [1.29, 1.82) is 0 Å². The molecular formula is C43H31N7OPt. The minimum Gasteiger partial charge on any atom is -0.509 e. The van der Waals surface area contributed by atoms with Gasteiger partial charge >= 0.3 is 21.1 Å². The Hall–Kier alpha value is -5.98. The Morgan fingerprint density at radius 3 is 2.19 bits per heavy atom. The SMILES string of the molecule is CC(C)(C)c1ccccc1-n1cnc2c1n(-c1ccccc1)c1nc3ccc(Oc4[c-]c5c(cc4)c4ccccc4n5-c4ccccn4)[c-]c3n21.[Pt+2]. The predicted molar refractivity (Wildman–Crippen MR) is 202 cm³/mol. The van der Waals surface area contributed by atoms with Gasteiger partial charge in [0, 0.05) is 23.2 Å². The van der Waals surface area contributed by atoms with E-state index in [9.17, 15) is 0 Å². The maximum Gasteiger partial charge on any atom is 2.00 e. The monoisotopic (exact) mass is 856 g/mol. The van der Waals surface area contributed by atoms with E-state index in [1.54, 1.807) is 6.20 Å². The first kappa shape index (κ1) is 32.0. The van der Waals surface area contributed by atoms with E-state index in [4.69, 9.17) is 14.7 Å². The first-order valence-electron chi connectivity index (χ1n) is 17.0. The number of ether oxygens (including phenoxy) is 1. The molecule has 52 heavy (non-hydrogen) atoms. The standard InChI is InChI=1S/C43H31N7O.Pt/c1-43(2,3)33-16-8-10-18-36(33)47-27-45-40-41(47)48(28-13-5-4-6-14-28)42-46-34-23-21-30(26-38(34)50(40)42)51-29-20-22-32-31-15-7-9-17-35(31)49(37(32)25-29)39-19-11-12-24-44-39;/h4-24,27H,1-3H3;/q-2;+2. The van der Waals surface area contributed by atoms with Crippen molar-refractivity contribution in [1.82, 2.24) is 33.1 Å². The fourth-order valence-electron chi connectivity index (χ4n) is 7.26. The zero-order valence-electron chi connectivity index (χ0n) is 28.6. The summed E-state index contributed by atoms with van der Waals surface area (Å²) in [6.07, 6.45) is 3.71. The fourth-order valence-corrected chi connectivity index (χ4v) is 7.26. The number of imidazole rings is 3. The summed E-state index contributed by atoms with van der Waals surface area (Å²) in [6, 6.07) is 48.1. The molecular weight excluding hydrogens is 826 g/mol. The van der Waals surface area contributed by atoms with Crippen molar-refractivity contribution in [3.05, 3.63) is 152 Å². The van der Waals surface area contributed by atoms with Gasteiger partial charge in [-0.05, 0) is 63.8 Å². The first-order chi connectivity index (χ1) is 24.9. The Kier molecular flexibility index (Phi) is 7.42. The van der Waals surface area contributed by atoms with Crippen molar-refractivity contribution in [2.45, 2.75) is 26.2 Å². The van der Waals surface area contributed by atoms with Crippen LogP contribution in [0, 0.1) is 12.1 Å². The molecule has 0 aliphatic carbocycles. The van der Waals surface area contributed by atoms with Crippen LogP contribution in [0.1, 0.15) is 26.3 Å². The van der Waals surface area contributed by atoms with Crippen LogP contribution in [0.25, 0.3) is 67.1 Å². The molecule has 0 aliphatic rings. The number of hydrogen-bond acceptors (Lipinski definition) is 4. The summed E-state index contributed by atoms with van der Waals surface area (Å²) in [6.45, 7) is 6.71. The summed E-state index contributed by atoms with van der Waals surface area (Å²) < 4.78 is 15.1. The van der Waals surface area contributed by atoms with Gasteiger partial charge in [-0.3, -0.25) is 18.5 Å². The van der Waals surface area contributed by atoms with Crippen LogP contribution >= 0.6 is 0 Å². The number of pyridine rings is 1. The maximum atomic E-state index is 6.51. The van der Waals surface area contributed by atoms with Crippen molar-refractivity contribution >= 4 is 49.9 Å².